The number of amides is 3. The minimum absolute atomic E-state index is 0.00687. The number of fused-ring (bicyclic) bond motifs is 1. The van der Waals surface area contributed by atoms with E-state index in [1.165, 1.54) is 6.92 Å². The molecule has 0 aromatic heterocycles. The highest BCUT2D eigenvalue weighted by molar-refractivity contribution is 5.93. The molecule has 2 N–H and O–H groups in total. The molecule has 3 rings (SSSR count). The van der Waals surface area contributed by atoms with Gasteiger partial charge in [-0.25, -0.2) is 5.48 Å². The van der Waals surface area contributed by atoms with Crippen LogP contribution in [0.5, 0.6) is 5.75 Å². The average Bonchev–Trinajstić information content (AvgIpc) is 3.07. The Morgan fingerprint density at radius 1 is 1.31 bits per heavy atom. The van der Waals surface area contributed by atoms with Gasteiger partial charge in [0.05, 0.1) is 12.0 Å². The van der Waals surface area contributed by atoms with Crippen LogP contribution >= 0.6 is 0 Å². The van der Waals surface area contributed by atoms with Gasteiger partial charge in [0.2, 0.25) is 11.8 Å². The van der Waals surface area contributed by atoms with Gasteiger partial charge in [0, 0.05) is 37.7 Å². The lowest BCUT2D eigenvalue weighted by molar-refractivity contribution is -0.138. The summed E-state index contributed by atoms with van der Waals surface area (Å²) < 4.78 is 5.78. The smallest absolute Gasteiger partial charge is 0.274 e. The molecule has 2 heterocycles. The van der Waals surface area contributed by atoms with Crippen LogP contribution in [0.4, 0.5) is 0 Å². The molecule has 1 fully saturated rings. The summed E-state index contributed by atoms with van der Waals surface area (Å²) in [7, 11) is 0. The Labute approximate surface area is 151 Å². The van der Waals surface area contributed by atoms with Crippen molar-refractivity contribution in [3.63, 3.8) is 0 Å². The summed E-state index contributed by atoms with van der Waals surface area (Å²) in [6.07, 6.45) is 0.672. The molecule has 1 aromatic carbocycles. The summed E-state index contributed by atoms with van der Waals surface area (Å²) in [6, 6.07) is 4.75. The molecular weight excluding hydrogens is 338 g/mol. The van der Waals surface area contributed by atoms with Crippen LogP contribution in [-0.2, 0) is 16.1 Å². The summed E-state index contributed by atoms with van der Waals surface area (Å²) in [5.74, 6) is -0.258. The van der Waals surface area contributed by atoms with Gasteiger partial charge in [-0.1, -0.05) is 6.07 Å². The van der Waals surface area contributed by atoms with Crippen molar-refractivity contribution in [1.82, 2.24) is 15.3 Å². The number of nitrogens with zero attached hydrogens (tertiary/aromatic N) is 2. The number of rotatable bonds is 2. The monoisotopic (exact) mass is 361 g/mol. The molecule has 0 aliphatic carbocycles. The minimum Gasteiger partial charge on any atom is -0.491 e. The van der Waals surface area contributed by atoms with Crippen LogP contribution in [0, 0.1) is 5.92 Å². The second-order valence-electron chi connectivity index (χ2n) is 6.84. The van der Waals surface area contributed by atoms with Gasteiger partial charge in [0.15, 0.2) is 0 Å². The Morgan fingerprint density at radius 3 is 2.73 bits per heavy atom. The fraction of sp³-hybridized carbons (Fsp3) is 0.500. The van der Waals surface area contributed by atoms with E-state index in [0.29, 0.717) is 38.4 Å². The third kappa shape index (κ3) is 3.50. The number of hydrogen-bond acceptors (Lipinski definition) is 5. The maximum atomic E-state index is 13.0. The second-order valence-corrected chi connectivity index (χ2v) is 6.84. The van der Waals surface area contributed by atoms with Crippen molar-refractivity contribution in [2.75, 3.05) is 19.7 Å². The van der Waals surface area contributed by atoms with E-state index in [1.807, 2.05) is 6.92 Å². The molecular formula is C18H23N3O5. The van der Waals surface area contributed by atoms with Crippen LogP contribution in [0.25, 0.3) is 0 Å². The molecule has 1 unspecified atom stereocenters. The number of carbonyl (C=O) groups is 3. The highest BCUT2D eigenvalue weighted by atomic mass is 16.5. The predicted molar refractivity (Wildman–Crippen MR) is 91.6 cm³/mol. The fourth-order valence-electron chi connectivity index (χ4n) is 3.44. The molecule has 2 atom stereocenters. The number of hydrogen-bond donors (Lipinski definition) is 2. The number of benzene rings is 1. The van der Waals surface area contributed by atoms with Gasteiger partial charge in [-0.05, 0) is 25.5 Å². The van der Waals surface area contributed by atoms with E-state index in [-0.39, 0.29) is 29.3 Å². The molecule has 1 saturated heterocycles. The van der Waals surface area contributed by atoms with E-state index < -0.39 is 5.91 Å². The Balaban J connectivity index is 1.78. The minimum atomic E-state index is -0.614. The molecule has 0 bridgehead atoms. The number of hydroxylamine groups is 1. The molecule has 8 heteroatoms. The molecule has 3 amide bonds. The van der Waals surface area contributed by atoms with E-state index >= 15 is 0 Å². The van der Waals surface area contributed by atoms with Crippen molar-refractivity contribution in [2.24, 2.45) is 5.92 Å². The first-order valence-electron chi connectivity index (χ1n) is 8.67. The van der Waals surface area contributed by atoms with Crippen LogP contribution in [0.3, 0.4) is 0 Å². The van der Waals surface area contributed by atoms with E-state index in [1.54, 1.807) is 33.5 Å². The van der Waals surface area contributed by atoms with Gasteiger partial charge in [-0.2, -0.15) is 0 Å². The summed E-state index contributed by atoms with van der Waals surface area (Å²) in [4.78, 5) is 39.6. The lowest BCUT2D eigenvalue weighted by Crippen LogP contribution is -2.44. The van der Waals surface area contributed by atoms with Crippen LogP contribution in [0.1, 0.15) is 36.2 Å². The molecule has 2 aliphatic rings. The largest absolute Gasteiger partial charge is 0.491 e. The average molecular weight is 361 g/mol. The highest BCUT2D eigenvalue weighted by Crippen LogP contribution is 2.29. The first kappa shape index (κ1) is 18.2. The fourth-order valence-corrected chi connectivity index (χ4v) is 3.44. The molecule has 26 heavy (non-hydrogen) atoms. The molecule has 0 spiro atoms. The van der Waals surface area contributed by atoms with Gasteiger partial charge in [0.25, 0.3) is 5.91 Å². The normalized spacial score (nSPS) is 22.3. The Kier molecular flexibility index (Phi) is 5.13. The van der Waals surface area contributed by atoms with Gasteiger partial charge in [-0.3, -0.25) is 19.6 Å². The number of carbonyl (C=O) groups excluding carboxylic acids is 3. The number of likely N-dealkylation sites (tertiary alicyclic amines) is 1. The van der Waals surface area contributed by atoms with Crippen LogP contribution in [0.2, 0.25) is 0 Å². The standard InChI is InChI=1S/C18H23N3O5/c1-11-10-26-16-7-13(17(23)19-25)3-4-14(16)9-21(11)18(24)15-5-6-20(8-15)12(2)22/h3-4,7,11,15,25H,5-6,8-10H2,1-2H3,(H,19,23)/t11-,15?/m0/s1. The summed E-state index contributed by atoms with van der Waals surface area (Å²) >= 11 is 0. The SMILES string of the molecule is CC(=O)N1CCC(C(=O)N2Cc3ccc(C(=O)NO)cc3OC[C@@H]2C)C1. The Bertz CT molecular complexity index is 736. The van der Waals surface area contributed by atoms with Crippen molar-refractivity contribution in [1.29, 1.82) is 0 Å². The predicted octanol–water partition coefficient (Wildman–Crippen LogP) is 0.783. The molecule has 0 saturated carbocycles. The van der Waals surface area contributed by atoms with Crippen molar-refractivity contribution in [3.8, 4) is 5.75 Å². The lowest BCUT2D eigenvalue weighted by atomic mass is 10.0. The highest BCUT2D eigenvalue weighted by Gasteiger charge is 2.35. The maximum absolute atomic E-state index is 13.0. The zero-order valence-corrected chi connectivity index (χ0v) is 14.9. The van der Waals surface area contributed by atoms with E-state index in [2.05, 4.69) is 0 Å². The summed E-state index contributed by atoms with van der Waals surface area (Å²) in [6.45, 7) is 5.20. The van der Waals surface area contributed by atoms with E-state index in [9.17, 15) is 14.4 Å². The van der Waals surface area contributed by atoms with Crippen molar-refractivity contribution < 1.29 is 24.3 Å². The summed E-state index contributed by atoms with van der Waals surface area (Å²) in [5, 5.41) is 8.77. The topological polar surface area (TPSA) is 99.2 Å². The van der Waals surface area contributed by atoms with Crippen molar-refractivity contribution in [3.05, 3.63) is 29.3 Å². The van der Waals surface area contributed by atoms with Crippen LogP contribution < -0.4 is 10.2 Å². The third-order valence-electron chi connectivity index (χ3n) is 5.05. The Morgan fingerprint density at radius 2 is 2.08 bits per heavy atom. The third-order valence-corrected chi connectivity index (χ3v) is 5.05. The molecule has 0 radical (unpaired) electrons. The molecule has 1 aromatic rings. The lowest BCUT2D eigenvalue weighted by Gasteiger charge is -2.29. The van der Waals surface area contributed by atoms with E-state index in [4.69, 9.17) is 9.94 Å². The van der Waals surface area contributed by atoms with Crippen LogP contribution in [-0.4, -0.2) is 58.5 Å². The molecule has 8 nitrogen and oxygen atoms in total. The zero-order chi connectivity index (χ0) is 18.8. The quantitative estimate of drug-likeness (QED) is 0.599. The van der Waals surface area contributed by atoms with E-state index in [0.717, 1.165) is 5.56 Å². The summed E-state index contributed by atoms with van der Waals surface area (Å²) in [5.41, 5.74) is 2.69. The molecule has 2 aliphatic heterocycles. The molecule has 140 valence electrons. The van der Waals surface area contributed by atoms with Crippen molar-refractivity contribution >= 4 is 17.7 Å². The first-order valence-corrected chi connectivity index (χ1v) is 8.67. The number of nitrogens with one attached hydrogen (secondary N) is 1. The van der Waals surface area contributed by atoms with Gasteiger partial charge >= 0.3 is 0 Å². The maximum Gasteiger partial charge on any atom is 0.274 e. The van der Waals surface area contributed by atoms with Gasteiger partial charge < -0.3 is 14.5 Å². The zero-order valence-electron chi connectivity index (χ0n) is 14.9. The second kappa shape index (κ2) is 7.33. The van der Waals surface area contributed by atoms with Crippen molar-refractivity contribution in [2.45, 2.75) is 32.9 Å². The van der Waals surface area contributed by atoms with Gasteiger partial charge in [0.1, 0.15) is 12.4 Å². The van der Waals surface area contributed by atoms with Crippen LogP contribution in [0.15, 0.2) is 18.2 Å². The van der Waals surface area contributed by atoms with Gasteiger partial charge in [-0.15, -0.1) is 0 Å². The number of ether oxygens (including phenoxy) is 1. The Hall–Kier alpha value is -2.61. The first-order chi connectivity index (χ1) is 12.4.